The highest BCUT2D eigenvalue weighted by atomic mass is 35.5. The lowest BCUT2D eigenvalue weighted by Crippen LogP contribution is -2.38. The first-order valence-corrected chi connectivity index (χ1v) is 9.94. The fourth-order valence-corrected chi connectivity index (χ4v) is 4.18. The molecule has 8 heteroatoms. The lowest BCUT2D eigenvalue weighted by molar-refractivity contribution is -0.137. The summed E-state index contributed by atoms with van der Waals surface area (Å²) in [4.78, 5) is -0.118. The van der Waals surface area contributed by atoms with E-state index in [9.17, 15) is 21.6 Å². The molecule has 0 aromatic heterocycles. The van der Waals surface area contributed by atoms with Crippen LogP contribution in [0.4, 0.5) is 13.2 Å². The van der Waals surface area contributed by atoms with Crippen LogP contribution >= 0.6 is 11.6 Å². The van der Waals surface area contributed by atoms with Gasteiger partial charge in [0.05, 0.1) is 10.5 Å². The zero-order chi connectivity index (χ0) is 18.5. The summed E-state index contributed by atoms with van der Waals surface area (Å²) in [5.74, 6) is 6.91. The SMILES string of the molecule is O=S(=O)(c1ccc(C(F)(F)F)cc1)N1CCC(C#CCCCCl)CC1. The minimum atomic E-state index is -4.48. The molecule has 0 bridgehead atoms. The number of nitrogens with zero attached hydrogens (tertiary/aromatic N) is 1. The van der Waals surface area contributed by atoms with Crippen LogP contribution in [-0.2, 0) is 16.2 Å². The summed E-state index contributed by atoms with van der Waals surface area (Å²) in [6, 6.07) is 3.61. The Kier molecular flexibility index (Phi) is 6.78. The van der Waals surface area contributed by atoms with Crippen LogP contribution in [0.15, 0.2) is 29.2 Å². The number of hydrogen-bond acceptors (Lipinski definition) is 2. The van der Waals surface area contributed by atoms with Crippen molar-refractivity contribution in [2.75, 3.05) is 19.0 Å². The minimum absolute atomic E-state index is 0.118. The van der Waals surface area contributed by atoms with Crippen molar-refractivity contribution in [3.63, 3.8) is 0 Å². The molecule has 138 valence electrons. The van der Waals surface area contributed by atoms with Crippen LogP contribution in [0.1, 0.15) is 31.2 Å². The van der Waals surface area contributed by atoms with Gasteiger partial charge in [0, 0.05) is 31.3 Å². The van der Waals surface area contributed by atoms with Gasteiger partial charge in [-0.1, -0.05) is 5.92 Å². The van der Waals surface area contributed by atoms with E-state index in [1.807, 2.05) is 0 Å². The third-order valence-corrected chi connectivity index (χ3v) is 6.20. The first-order valence-electron chi connectivity index (χ1n) is 7.97. The summed E-state index contributed by atoms with van der Waals surface area (Å²) in [5.41, 5.74) is -0.864. The fourth-order valence-electron chi connectivity index (χ4n) is 2.58. The van der Waals surface area contributed by atoms with E-state index in [0.717, 1.165) is 37.1 Å². The van der Waals surface area contributed by atoms with E-state index in [4.69, 9.17) is 11.6 Å². The molecular formula is C17H19ClF3NO2S. The highest BCUT2D eigenvalue weighted by Gasteiger charge is 2.32. The maximum Gasteiger partial charge on any atom is 0.416 e. The molecule has 1 aromatic carbocycles. The van der Waals surface area contributed by atoms with E-state index in [1.54, 1.807) is 0 Å². The molecule has 1 saturated heterocycles. The summed E-state index contributed by atoms with van der Waals surface area (Å²) >= 11 is 5.58. The Hall–Kier alpha value is -1.23. The molecule has 0 aliphatic carbocycles. The molecular weight excluding hydrogens is 375 g/mol. The van der Waals surface area contributed by atoms with Gasteiger partial charge in [-0.15, -0.1) is 17.5 Å². The van der Waals surface area contributed by atoms with Crippen LogP contribution in [0.25, 0.3) is 0 Å². The van der Waals surface area contributed by atoms with Crippen molar-refractivity contribution >= 4 is 21.6 Å². The Morgan fingerprint density at radius 1 is 1.16 bits per heavy atom. The summed E-state index contributed by atoms with van der Waals surface area (Å²) in [5, 5.41) is 0. The molecule has 0 amide bonds. The molecule has 25 heavy (non-hydrogen) atoms. The van der Waals surface area contributed by atoms with Crippen LogP contribution in [0.3, 0.4) is 0 Å². The van der Waals surface area contributed by atoms with Crippen molar-refractivity contribution in [3.05, 3.63) is 29.8 Å². The standard InChI is InChI=1S/C17H19ClF3NO2S/c18-11-3-1-2-4-14-9-12-22(13-10-14)25(23,24)16-7-5-15(6-8-16)17(19,20)21/h5-8,14H,1,3,9-13H2. The number of sulfonamides is 1. The van der Waals surface area contributed by atoms with E-state index in [2.05, 4.69) is 11.8 Å². The molecule has 1 aliphatic rings. The maximum absolute atomic E-state index is 12.6. The van der Waals surface area contributed by atoms with Crippen molar-refractivity contribution in [1.29, 1.82) is 0 Å². The number of piperidine rings is 1. The average Bonchev–Trinajstić information content (AvgIpc) is 2.58. The Morgan fingerprint density at radius 2 is 1.76 bits per heavy atom. The van der Waals surface area contributed by atoms with Crippen molar-refractivity contribution in [3.8, 4) is 11.8 Å². The van der Waals surface area contributed by atoms with Crippen molar-refractivity contribution in [2.45, 2.75) is 36.8 Å². The van der Waals surface area contributed by atoms with E-state index in [0.29, 0.717) is 31.8 Å². The topological polar surface area (TPSA) is 37.4 Å². The van der Waals surface area contributed by atoms with Crippen molar-refractivity contribution in [1.82, 2.24) is 4.31 Å². The minimum Gasteiger partial charge on any atom is -0.207 e. The third kappa shape index (κ3) is 5.37. The van der Waals surface area contributed by atoms with Crippen LogP contribution in [0.2, 0.25) is 0 Å². The van der Waals surface area contributed by atoms with Gasteiger partial charge in [0.25, 0.3) is 0 Å². The predicted molar refractivity (Wildman–Crippen MR) is 90.7 cm³/mol. The van der Waals surface area contributed by atoms with Crippen LogP contribution in [-0.4, -0.2) is 31.7 Å². The zero-order valence-corrected chi connectivity index (χ0v) is 15.1. The van der Waals surface area contributed by atoms with E-state index < -0.39 is 21.8 Å². The van der Waals surface area contributed by atoms with Gasteiger partial charge in [-0.3, -0.25) is 0 Å². The molecule has 1 heterocycles. The molecule has 1 fully saturated rings. The molecule has 3 nitrogen and oxygen atoms in total. The Labute approximate surface area is 151 Å². The summed E-state index contributed by atoms with van der Waals surface area (Å²) < 4.78 is 64.2. The Morgan fingerprint density at radius 3 is 2.28 bits per heavy atom. The third-order valence-electron chi connectivity index (χ3n) is 4.01. The van der Waals surface area contributed by atoms with Gasteiger partial charge < -0.3 is 0 Å². The molecule has 0 saturated carbocycles. The number of alkyl halides is 4. The largest absolute Gasteiger partial charge is 0.416 e. The fraction of sp³-hybridized carbons (Fsp3) is 0.529. The molecule has 1 aliphatic heterocycles. The molecule has 0 atom stereocenters. The number of rotatable bonds is 4. The second-order valence-electron chi connectivity index (χ2n) is 5.81. The summed E-state index contributed by atoms with van der Waals surface area (Å²) in [6.45, 7) is 0.635. The van der Waals surface area contributed by atoms with Gasteiger partial charge in [0.15, 0.2) is 0 Å². The Balaban J connectivity index is 2.00. The molecule has 0 N–H and O–H groups in total. The lowest BCUT2D eigenvalue weighted by Gasteiger charge is -2.29. The second kappa shape index (κ2) is 8.43. The molecule has 0 radical (unpaired) electrons. The highest BCUT2D eigenvalue weighted by molar-refractivity contribution is 7.89. The quantitative estimate of drug-likeness (QED) is 0.438. The molecule has 1 aromatic rings. The predicted octanol–water partition coefficient (Wildman–Crippen LogP) is 4.13. The van der Waals surface area contributed by atoms with Gasteiger partial charge in [-0.25, -0.2) is 8.42 Å². The number of benzene rings is 1. The van der Waals surface area contributed by atoms with Gasteiger partial charge >= 0.3 is 6.18 Å². The van der Waals surface area contributed by atoms with Gasteiger partial charge in [-0.2, -0.15) is 17.5 Å². The Bertz CT molecular complexity index is 728. The maximum atomic E-state index is 12.6. The van der Waals surface area contributed by atoms with Crippen LogP contribution < -0.4 is 0 Å². The molecule has 0 spiro atoms. The summed E-state index contributed by atoms with van der Waals surface area (Å²) in [6.07, 6.45) is -1.69. The van der Waals surface area contributed by atoms with Gasteiger partial charge in [0.2, 0.25) is 10.0 Å². The van der Waals surface area contributed by atoms with Crippen molar-refractivity contribution in [2.24, 2.45) is 5.92 Å². The average molecular weight is 394 g/mol. The highest BCUT2D eigenvalue weighted by Crippen LogP contribution is 2.30. The van der Waals surface area contributed by atoms with Gasteiger partial charge in [0.1, 0.15) is 0 Å². The normalized spacial score (nSPS) is 17.1. The van der Waals surface area contributed by atoms with Crippen LogP contribution in [0, 0.1) is 17.8 Å². The number of halogens is 4. The monoisotopic (exact) mass is 393 g/mol. The first-order chi connectivity index (χ1) is 11.7. The summed E-state index contributed by atoms with van der Waals surface area (Å²) in [7, 11) is -3.78. The number of hydrogen-bond donors (Lipinski definition) is 0. The van der Waals surface area contributed by atoms with Crippen molar-refractivity contribution < 1.29 is 21.6 Å². The van der Waals surface area contributed by atoms with Gasteiger partial charge in [-0.05, 0) is 43.5 Å². The first kappa shape index (κ1) is 20.1. The molecule has 0 unspecified atom stereocenters. The van der Waals surface area contributed by atoms with E-state index >= 15 is 0 Å². The van der Waals surface area contributed by atoms with E-state index in [-0.39, 0.29) is 10.8 Å². The van der Waals surface area contributed by atoms with E-state index in [1.165, 1.54) is 4.31 Å². The number of unbranched alkanes of at least 4 members (excludes halogenated alkanes) is 1. The molecule has 2 rings (SSSR count). The second-order valence-corrected chi connectivity index (χ2v) is 8.13. The smallest absolute Gasteiger partial charge is 0.207 e. The zero-order valence-electron chi connectivity index (χ0n) is 13.5. The lowest BCUT2D eigenvalue weighted by atomic mass is 9.99. The van der Waals surface area contributed by atoms with Crippen LogP contribution in [0.5, 0.6) is 0 Å².